The number of hydrogen-bond acceptors (Lipinski definition) is 4. The zero-order valence-electron chi connectivity index (χ0n) is 15.4. The van der Waals surface area contributed by atoms with Crippen LogP contribution >= 0.6 is 0 Å². The molecule has 0 radical (unpaired) electrons. The molecule has 1 aliphatic carbocycles. The molecule has 26 heavy (non-hydrogen) atoms. The number of nitrogens with zero attached hydrogens (tertiary/aromatic N) is 2. The van der Waals surface area contributed by atoms with Crippen LogP contribution in [0, 0.1) is 0 Å². The number of rotatable bonds is 4. The molecule has 4 rings (SSSR count). The molecule has 2 heterocycles. The Kier molecular flexibility index (Phi) is 4.68. The average molecular weight is 354 g/mol. The van der Waals surface area contributed by atoms with Gasteiger partial charge in [-0.15, -0.1) is 0 Å². The molecule has 1 aliphatic heterocycles. The van der Waals surface area contributed by atoms with Gasteiger partial charge in [0.25, 0.3) is 0 Å². The Balaban J connectivity index is 1.51. The maximum Gasteiger partial charge on any atom is 0.220 e. The first-order valence-electron chi connectivity index (χ1n) is 9.33. The third-order valence-electron chi connectivity index (χ3n) is 5.69. The van der Waals surface area contributed by atoms with E-state index < -0.39 is 0 Å². The van der Waals surface area contributed by atoms with Crippen molar-refractivity contribution in [2.45, 2.75) is 50.2 Å². The molecule has 2 aliphatic rings. The Morgan fingerprint density at radius 2 is 2.15 bits per heavy atom. The molecule has 2 aromatic rings. The van der Waals surface area contributed by atoms with Gasteiger partial charge in [0.15, 0.2) is 0 Å². The number of methoxy groups -OCH3 is 1. The van der Waals surface area contributed by atoms with E-state index >= 15 is 0 Å². The molecule has 6 heteroatoms. The van der Waals surface area contributed by atoms with E-state index in [2.05, 4.69) is 27.9 Å². The molecular weight excluding hydrogens is 328 g/mol. The molecule has 2 N–H and O–H groups in total. The molecule has 138 valence electrons. The lowest BCUT2D eigenvalue weighted by atomic mass is 9.86. The molecule has 0 spiro atoms. The number of benzene rings is 1. The van der Waals surface area contributed by atoms with Crippen LogP contribution in [0.3, 0.4) is 0 Å². The number of hydrogen-bond donors (Lipinski definition) is 2. The smallest absolute Gasteiger partial charge is 0.220 e. The van der Waals surface area contributed by atoms with Gasteiger partial charge in [-0.25, -0.2) is 0 Å². The van der Waals surface area contributed by atoms with Gasteiger partial charge >= 0.3 is 0 Å². The van der Waals surface area contributed by atoms with Crippen molar-refractivity contribution in [3.05, 3.63) is 47.3 Å². The minimum Gasteiger partial charge on any atom is -0.496 e. The van der Waals surface area contributed by atoms with Gasteiger partial charge in [-0.1, -0.05) is 12.1 Å². The van der Waals surface area contributed by atoms with Crippen molar-refractivity contribution in [1.82, 2.24) is 20.4 Å². The van der Waals surface area contributed by atoms with Crippen molar-refractivity contribution >= 4 is 5.91 Å². The number of piperidine rings is 1. The Bertz CT molecular complexity index is 801. The molecule has 6 nitrogen and oxygen atoms in total. The number of carbonyl (C=O) groups is 1. The third kappa shape index (κ3) is 3.21. The lowest BCUT2D eigenvalue weighted by molar-refractivity contribution is -0.124. The SMILES string of the molecule is COc1cccc2c1CCC(N[C@@H]1CCC(=O)N[C@H]1c1ccnn1C)C2. The van der Waals surface area contributed by atoms with Crippen LogP contribution in [0.2, 0.25) is 0 Å². The highest BCUT2D eigenvalue weighted by molar-refractivity contribution is 5.77. The van der Waals surface area contributed by atoms with E-state index in [1.54, 1.807) is 13.3 Å². The van der Waals surface area contributed by atoms with Gasteiger partial charge in [-0.05, 0) is 48.9 Å². The van der Waals surface area contributed by atoms with Crippen LogP contribution in [0.4, 0.5) is 0 Å². The fourth-order valence-electron chi connectivity index (χ4n) is 4.36. The van der Waals surface area contributed by atoms with E-state index in [9.17, 15) is 4.79 Å². The fourth-order valence-corrected chi connectivity index (χ4v) is 4.36. The molecule has 1 fully saturated rings. The number of ether oxygens (including phenoxy) is 1. The molecular formula is C20H26N4O2. The minimum absolute atomic E-state index is 0.0320. The molecule has 1 amide bonds. The fraction of sp³-hybridized carbons (Fsp3) is 0.500. The number of amides is 1. The largest absolute Gasteiger partial charge is 0.496 e. The summed E-state index contributed by atoms with van der Waals surface area (Å²) in [5.74, 6) is 1.12. The number of nitrogens with one attached hydrogen (secondary N) is 2. The molecule has 1 aromatic heterocycles. The summed E-state index contributed by atoms with van der Waals surface area (Å²) < 4.78 is 7.36. The van der Waals surface area contributed by atoms with Gasteiger partial charge in [-0.3, -0.25) is 9.48 Å². The average Bonchev–Trinajstić information content (AvgIpc) is 3.08. The van der Waals surface area contributed by atoms with Crippen LogP contribution in [-0.2, 0) is 24.7 Å². The summed E-state index contributed by atoms with van der Waals surface area (Å²) in [4.78, 5) is 12.0. The second kappa shape index (κ2) is 7.11. The Labute approximate surface area is 153 Å². The molecule has 1 saturated heterocycles. The summed E-state index contributed by atoms with van der Waals surface area (Å²) in [5.41, 5.74) is 3.76. The van der Waals surface area contributed by atoms with Crippen molar-refractivity contribution in [2.75, 3.05) is 7.11 Å². The number of aromatic nitrogens is 2. The summed E-state index contributed by atoms with van der Waals surface area (Å²) in [5, 5.41) is 11.3. The van der Waals surface area contributed by atoms with E-state index in [0.717, 1.165) is 37.1 Å². The Hall–Kier alpha value is -2.34. The lowest BCUT2D eigenvalue weighted by Crippen LogP contribution is -2.52. The summed E-state index contributed by atoms with van der Waals surface area (Å²) in [6.45, 7) is 0. The first-order chi connectivity index (χ1) is 12.7. The van der Waals surface area contributed by atoms with Crippen LogP contribution in [0.25, 0.3) is 0 Å². The van der Waals surface area contributed by atoms with Crippen LogP contribution in [0.5, 0.6) is 5.75 Å². The van der Waals surface area contributed by atoms with Crippen molar-refractivity contribution in [3.8, 4) is 5.75 Å². The highest BCUT2D eigenvalue weighted by Gasteiger charge is 2.33. The standard InChI is InChI=1S/C20H26N4O2/c1-24-17(10-11-21-24)20-16(8-9-19(25)23-20)22-14-6-7-15-13(12-14)4-3-5-18(15)26-2/h3-5,10-11,14,16,20,22H,6-9,12H2,1-2H3,(H,23,25)/t14?,16-,20-/m1/s1. The van der Waals surface area contributed by atoms with Gasteiger partial charge in [0, 0.05) is 31.7 Å². The van der Waals surface area contributed by atoms with Gasteiger partial charge < -0.3 is 15.4 Å². The summed E-state index contributed by atoms with van der Waals surface area (Å²) in [7, 11) is 3.67. The zero-order valence-corrected chi connectivity index (χ0v) is 15.4. The first kappa shape index (κ1) is 17.1. The predicted octanol–water partition coefficient (Wildman–Crippen LogP) is 1.90. The van der Waals surface area contributed by atoms with E-state index in [1.807, 2.05) is 23.9 Å². The van der Waals surface area contributed by atoms with Crippen LogP contribution in [0.15, 0.2) is 30.5 Å². The second-order valence-electron chi connectivity index (χ2n) is 7.27. The van der Waals surface area contributed by atoms with E-state index in [-0.39, 0.29) is 18.0 Å². The predicted molar refractivity (Wildman–Crippen MR) is 99.1 cm³/mol. The Morgan fingerprint density at radius 1 is 1.27 bits per heavy atom. The number of fused-ring (bicyclic) bond motifs is 1. The summed E-state index contributed by atoms with van der Waals surface area (Å²) in [6.07, 6.45) is 6.31. The molecule has 1 unspecified atom stereocenters. The normalized spacial score (nSPS) is 25.5. The van der Waals surface area contributed by atoms with Crippen molar-refractivity contribution in [2.24, 2.45) is 7.05 Å². The van der Waals surface area contributed by atoms with E-state index in [0.29, 0.717) is 12.5 Å². The Morgan fingerprint density at radius 3 is 2.92 bits per heavy atom. The molecule has 0 bridgehead atoms. The third-order valence-corrected chi connectivity index (χ3v) is 5.69. The zero-order chi connectivity index (χ0) is 18.1. The highest BCUT2D eigenvalue weighted by Crippen LogP contribution is 2.31. The van der Waals surface area contributed by atoms with Crippen LogP contribution in [0.1, 0.15) is 42.1 Å². The lowest BCUT2D eigenvalue weighted by Gasteiger charge is -2.37. The van der Waals surface area contributed by atoms with Gasteiger partial charge in [-0.2, -0.15) is 5.10 Å². The highest BCUT2D eigenvalue weighted by atomic mass is 16.5. The number of aryl methyl sites for hydroxylation is 1. The molecule has 3 atom stereocenters. The number of carbonyl (C=O) groups excluding carboxylic acids is 1. The topological polar surface area (TPSA) is 68.2 Å². The van der Waals surface area contributed by atoms with E-state index in [4.69, 9.17) is 4.74 Å². The maximum atomic E-state index is 12.0. The molecule has 1 aromatic carbocycles. The second-order valence-corrected chi connectivity index (χ2v) is 7.27. The molecule has 0 saturated carbocycles. The quantitative estimate of drug-likeness (QED) is 0.880. The van der Waals surface area contributed by atoms with Gasteiger partial charge in [0.1, 0.15) is 5.75 Å². The van der Waals surface area contributed by atoms with Gasteiger partial charge in [0.05, 0.1) is 18.8 Å². The van der Waals surface area contributed by atoms with Crippen molar-refractivity contribution in [1.29, 1.82) is 0 Å². The maximum absolute atomic E-state index is 12.0. The summed E-state index contributed by atoms with van der Waals surface area (Å²) in [6, 6.07) is 8.90. The minimum atomic E-state index is -0.0320. The van der Waals surface area contributed by atoms with Gasteiger partial charge in [0.2, 0.25) is 5.91 Å². The van der Waals surface area contributed by atoms with Crippen molar-refractivity contribution in [3.63, 3.8) is 0 Å². The van der Waals surface area contributed by atoms with Crippen molar-refractivity contribution < 1.29 is 9.53 Å². The van der Waals surface area contributed by atoms with Crippen LogP contribution < -0.4 is 15.4 Å². The van der Waals surface area contributed by atoms with E-state index in [1.165, 1.54) is 11.1 Å². The van der Waals surface area contributed by atoms with Crippen LogP contribution in [-0.4, -0.2) is 34.9 Å². The summed E-state index contributed by atoms with van der Waals surface area (Å²) >= 11 is 0. The first-order valence-corrected chi connectivity index (χ1v) is 9.33. The monoisotopic (exact) mass is 354 g/mol.